The highest BCUT2D eigenvalue weighted by Gasteiger charge is 2.28. The van der Waals surface area contributed by atoms with E-state index in [1.807, 2.05) is 0 Å². The second kappa shape index (κ2) is 7.23. The molecule has 2 amide bonds. The molecule has 2 heterocycles. The number of benzene rings is 1. The van der Waals surface area contributed by atoms with Gasteiger partial charge in [0.05, 0.1) is 12.7 Å². The van der Waals surface area contributed by atoms with E-state index < -0.39 is 0 Å². The number of nitrogens with zero attached hydrogens (tertiary/aromatic N) is 3. The van der Waals surface area contributed by atoms with Gasteiger partial charge in [0.15, 0.2) is 5.82 Å². The summed E-state index contributed by atoms with van der Waals surface area (Å²) in [6.07, 6.45) is 0.617. The highest BCUT2D eigenvalue weighted by molar-refractivity contribution is 7.99. The lowest BCUT2D eigenvalue weighted by atomic mass is 10.2. The predicted octanol–water partition coefficient (Wildman–Crippen LogP) is 2.37. The van der Waals surface area contributed by atoms with Gasteiger partial charge in [0.25, 0.3) is 0 Å². The number of methoxy groups -OCH3 is 1. The summed E-state index contributed by atoms with van der Waals surface area (Å²) >= 11 is 7.39. The van der Waals surface area contributed by atoms with E-state index in [1.165, 1.54) is 16.7 Å². The number of nitrogens with one attached hydrogen (secondary N) is 1. The number of amides is 2. The maximum absolute atomic E-state index is 11.6. The van der Waals surface area contributed by atoms with Crippen LogP contribution >= 0.6 is 23.4 Å². The summed E-state index contributed by atoms with van der Waals surface area (Å²) < 4.78 is 5.30. The maximum atomic E-state index is 11.6. The number of likely N-dealkylation sites (tertiary alicyclic amines) is 1. The number of aromatic nitrogens is 3. The van der Waals surface area contributed by atoms with Crippen LogP contribution in [0.1, 0.15) is 12.8 Å². The number of thioether (sulfide) groups is 1. The number of imide groups is 1. The van der Waals surface area contributed by atoms with Crippen LogP contribution in [-0.4, -0.2) is 51.3 Å². The first-order valence-electron chi connectivity index (χ1n) is 7.31. The highest BCUT2D eigenvalue weighted by Crippen LogP contribution is 2.31. The lowest BCUT2D eigenvalue weighted by Crippen LogP contribution is -2.31. The zero-order valence-electron chi connectivity index (χ0n) is 12.9. The minimum absolute atomic E-state index is 0.111. The third kappa shape index (κ3) is 3.54. The molecule has 0 unspecified atom stereocenters. The van der Waals surface area contributed by atoms with E-state index in [-0.39, 0.29) is 11.8 Å². The molecule has 9 heteroatoms. The van der Waals surface area contributed by atoms with Crippen LogP contribution in [0.5, 0.6) is 5.75 Å². The summed E-state index contributed by atoms with van der Waals surface area (Å²) in [5, 5.41) is 8.10. The van der Waals surface area contributed by atoms with E-state index >= 15 is 0 Å². The largest absolute Gasteiger partial charge is 0.496 e. The predicted molar refractivity (Wildman–Crippen MR) is 90.1 cm³/mol. The van der Waals surface area contributed by atoms with E-state index in [0.717, 1.165) is 0 Å². The van der Waals surface area contributed by atoms with Crippen molar-refractivity contribution in [1.82, 2.24) is 20.1 Å². The summed E-state index contributed by atoms with van der Waals surface area (Å²) in [5.41, 5.74) is 0.717. The number of rotatable bonds is 6. The van der Waals surface area contributed by atoms with Gasteiger partial charge in [-0.25, -0.2) is 4.98 Å². The number of hydrogen-bond donors (Lipinski definition) is 1. The fourth-order valence-corrected chi connectivity index (χ4v) is 3.29. The molecule has 1 aromatic heterocycles. The van der Waals surface area contributed by atoms with Crippen LogP contribution in [0, 0.1) is 0 Å². The fourth-order valence-electron chi connectivity index (χ4n) is 2.40. The van der Waals surface area contributed by atoms with Crippen molar-refractivity contribution < 1.29 is 14.3 Å². The van der Waals surface area contributed by atoms with Crippen molar-refractivity contribution in [2.24, 2.45) is 0 Å². The summed E-state index contributed by atoms with van der Waals surface area (Å²) in [5.74, 6) is 1.51. The number of halogens is 1. The Kier molecular flexibility index (Phi) is 5.06. The molecule has 1 aliphatic heterocycles. The normalized spacial score (nSPS) is 14.5. The molecule has 0 spiro atoms. The Balaban J connectivity index is 1.65. The number of aromatic amines is 1. The molecule has 3 rings (SSSR count). The molecule has 0 atom stereocenters. The first-order valence-corrected chi connectivity index (χ1v) is 8.67. The monoisotopic (exact) mass is 366 g/mol. The van der Waals surface area contributed by atoms with Gasteiger partial charge < -0.3 is 4.74 Å². The third-order valence-electron chi connectivity index (χ3n) is 3.58. The van der Waals surface area contributed by atoms with Gasteiger partial charge in [-0.3, -0.25) is 19.6 Å². The number of H-pyrrole nitrogens is 1. The van der Waals surface area contributed by atoms with Gasteiger partial charge >= 0.3 is 0 Å². The van der Waals surface area contributed by atoms with Crippen molar-refractivity contribution in [2.45, 2.75) is 18.0 Å². The van der Waals surface area contributed by atoms with E-state index in [4.69, 9.17) is 16.3 Å². The summed E-state index contributed by atoms with van der Waals surface area (Å²) in [4.78, 5) is 28.8. The Hall–Kier alpha value is -2.06. The summed E-state index contributed by atoms with van der Waals surface area (Å²) in [7, 11) is 1.57. The number of carbonyl (C=O) groups is 2. The van der Waals surface area contributed by atoms with Gasteiger partial charge in [-0.15, -0.1) is 5.10 Å². The average molecular weight is 367 g/mol. The van der Waals surface area contributed by atoms with Crippen LogP contribution in [0.25, 0.3) is 11.4 Å². The van der Waals surface area contributed by atoms with E-state index in [9.17, 15) is 9.59 Å². The van der Waals surface area contributed by atoms with Gasteiger partial charge in [-0.2, -0.15) is 0 Å². The zero-order valence-corrected chi connectivity index (χ0v) is 14.5. The number of carbonyl (C=O) groups excluding carboxylic acids is 2. The Bertz CT molecular complexity index is 764. The molecule has 1 aliphatic rings. The maximum Gasteiger partial charge on any atom is 0.229 e. The Labute approximate surface area is 147 Å². The molecular weight excluding hydrogens is 352 g/mol. The molecular formula is C15H15ClN4O3S. The Morgan fingerprint density at radius 1 is 1.33 bits per heavy atom. The van der Waals surface area contributed by atoms with Crippen LogP contribution in [0.2, 0.25) is 5.02 Å². The van der Waals surface area contributed by atoms with Gasteiger partial charge in [-0.1, -0.05) is 23.4 Å². The van der Waals surface area contributed by atoms with Crippen LogP contribution in [0.15, 0.2) is 23.4 Å². The van der Waals surface area contributed by atoms with Gasteiger partial charge in [0, 0.05) is 30.2 Å². The van der Waals surface area contributed by atoms with E-state index in [1.54, 1.807) is 25.3 Å². The molecule has 126 valence electrons. The first-order chi connectivity index (χ1) is 11.6. The fraction of sp³-hybridized carbons (Fsp3) is 0.333. The molecule has 0 radical (unpaired) electrons. The van der Waals surface area contributed by atoms with Gasteiger partial charge in [0.1, 0.15) is 5.75 Å². The van der Waals surface area contributed by atoms with E-state index in [2.05, 4.69) is 15.2 Å². The quantitative estimate of drug-likeness (QED) is 0.623. The molecule has 0 aliphatic carbocycles. The van der Waals surface area contributed by atoms with Gasteiger partial charge in [0.2, 0.25) is 17.0 Å². The molecule has 1 aromatic carbocycles. The summed E-state index contributed by atoms with van der Waals surface area (Å²) in [6.45, 7) is 0.368. The lowest BCUT2D eigenvalue weighted by molar-refractivity contribution is -0.137. The Morgan fingerprint density at radius 2 is 2.08 bits per heavy atom. The van der Waals surface area contributed by atoms with Crippen LogP contribution in [0.4, 0.5) is 0 Å². The third-order valence-corrected chi connectivity index (χ3v) is 4.65. The van der Waals surface area contributed by atoms with Crippen molar-refractivity contribution in [3.05, 3.63) is 23.2 Å². The standard InChI is InChI=1S/C15H15ClN4O3S/c1-23-11-3-2-9(16)8-10(11)14-17-15(19-18-14)24-7-6-20-12(21)4-5-13(20)22/h2-3,8H,4-7H2,1H3,(H,17,18,19). The topological polar surface area (TPSA) is 88.2 Å². The van der Waals surface area contributed by atoms with Crippen molar-refractivity contribution >= 4 is 35.2 Å². The average Bonchev–Trinajstić information content (AvgIpc) is 3.16. The molecule has 0 saturated carbocycles. The second-order valence-electron chi connectivity index (χ2n) is 5.10. The lowest BCUT2D eigenvalue weighted by Gasteiger charge is -2.11. The summed E-state index contributed by atoms with van der Waals surface area (Å²) in [6, 6.07) is 5.24. The van der Waals surface area contributed by atoms with Gasteiger partial charge in [-0.05, 0) is 18.2 Å². The minimum atomic E-state index is -0.111. The molecule has 0 bridgehead atoms. The molecule has 24 heavy (non-hydrogen) atoms. The number of ether oxygens (including phenoxy) is 1. The molecule has 1 saturated heterocycles. The Morgan fingerprint density at radius 3 is 2.79 bits per heavy atom. The van der Waals surface area contributed by atoms with Crippen LogP contribution in [0.3, 0.4) is 0 Å². The molecule has 1 N–H and O–H groups in total. The van der Waals surface area contributed by atoms with Crippen LogP contribution < -0.4 is 4.74 Å². The van der Waals surface area contributed by atoms with Crippen molar-refractivity contribution in [1.29, 1.82) is 0 Å². The van der Waals surface area contributed by atoms with Crippen molar-refractivity contribution in [3.8, 4) is 17.1 Å². The van der Waals surface area contributed by atoms with Crippen LogP contribution in [-0.2, 0) is 9.59 Å². The minimum Gasteiger partial charge on any atom is -0.496 e. The molecule has 7 nitrogen and oxygen atoms in total. The van der Waals surface area contributed by atoms with Crippen molar-refractivity contribution in [3.63, 3.8) is 0 Å². The highest BCUT2D eigenvalue weighted by atomic mass is 35.5. The van der Waals surface area contributed by atoms with Crippen molar-refractivity contribution in [2.75, 3.05) is 19.4 Å². The number of hydrogen-bond acceptors (Lipinski definition) is 6. The smallest absolute Gasteiger partial charge is 0.229 e. The SMILES string of the molecule is COc1ccc(Cl)cc1-c1nc(SCCN2C(=O)CCC2=O)n[nH]1. The van der Waals surface area contributed by atoms with E-state index in [0.29, 0.717) is 52.5 Å². The second-order valence-corrected chi connectivity index (χ2v) is 6.60. The first kappa shape index (κ1) is 16.8. The molecule has 1 fully saturated rings. The molecule has 2 aromatic rings. The zero-order chi connectivity index (χ0) is 17.1.